The van der Waals surface area contributed by atoms with Gasteiger partial charge >= 0.3 is 0 Å². The molecule has 0 spiro atoms. The number of aliphatic hydroxyl groups excluding tert-OH is 1. The van der Waals surface area contributed by atoms with Crippen LogP contribution in [0.3, 0.4) is 0 Å². The van der Waals surface area contributed by atoms with Crippen molar-refractivity contribution in [1.82, 2.24) is 0 Å². The van der Waals surface area contributed by atoms with Crippen LogP contribution in [0.15, 0.2) is 0 Å². The maximum atomic E-state index is 12.1. The van der Waals surface area contributed by atoms with E-state index in [1.54, 1.807) is 20.8 Å². The first-order valence-electron chi connectivity index (χ1n) is 6.97. The predicted octanol–water partition coefficient (Wildman–Crippen LogP) is 3.17. The lowest BCUT2D eigenvalue weighted by atomic mass is 9.79. The molecule has 0 aliphatic carbocycles. The first-order valence-corrected chi connectivity index (χ1v) is 8.62. The molecule has 0 aromatic heterocycles. The summed E-state index contributed by atoms with van der Waals surface area (Å²) in [5.74, 6) is 0.175. The highest BCUT2D eigenvalue weighted by Gasteiger charge is 2.33. The van der Waals surface area contributed by atoms with Crippen molar-refractivity contribution in [3.05, 3.63) is 0 Å². The number of sulfone groups is 1. The molecular weight excluding hydrogens is 248 g/mol. The lowest BCUT2D eigenvalue weighted by Gasteiger charge is -2.32. The molecule has 0 radical (unpaired) electrons. The number of hydrogen-bond donors (Lipinski definition) is 1. The third kappa shape index (κ3) is 4.88. The Labute approximate surface area is 113 Å². The highest BCUT2D eigenvalue weighted by atomic mass is 32.2. The van der Waals surface area contributed by atoms with Crippen LogP contribution in [-0.4, -0.2) is 30.6 Å². The number of aliphatic hydroxyl groups is 1. The lowest BCUT2D eigenvalue weighted by molar-refractivity contribution is 0.103. The van der Waals surface area contributed by atoms with Gasteiger partial charge in [0.1, 0.15) is 0 Å². The molecule has 1 unspecified atom stereocenters. The van der Waals surface area contributed by atoms with E-state index >= 15 is 0 Å². The Balaban J connectivity index is 4.73. The van der Waals surface area contributed by atoms with Gasteiger partial charge in [-0.05, 0) is 45.4 Å². The standard InChI is InChI=1S/C14H30O3S/c1-6-8-9-14(7-2,12-15)10-11-18(16,17)13(3,4)5/h15H,6-12H2,1-5H3. The summed E-state index contributed by atoms with van der Waals surface area (Å²) in [5, 5.41) is 9.61. The Morgan fingerprint density at radius 1 is 1.06 bits per heavy atom. The van der Waals surface area contributed by atoms with Gasteiger partial charge in [-0.3, -0.25) is 0 Å². The smallest absolute Gasteiger partial charge is 0.155 e. The van der Waals surface area contributed by atoms with Gasteiger partial charge in [0, 0.05) is 6.61 Å². The molecule has 4 heteroatoms. The summed E-state index contributed by atoms with van der Waals surface area (Å²) in [7, 11) is -3.09. The zero-order chi connectivity index (χ0) is 14.4. The average Bonchev–Trinajstić information content (AvgIpc) is 2.29. The first kappa shape index (κ1) is 17.9. The third-order valence-corrected chi connectivity index (χ3v) is 6.59. The minimum atomic E-state index is -3.09. The third-order valence-electron chi connectivity index (χ3n) is 3.98. The molecule has 0 fully saturated rings. The van der Waals surface area contributed by atoms with E-state index in [1.807, 2.05) is 6.92 Å². The van der Waals surface area contributed by atoms with E-state index in [2.05, 4.69) is 6.92 Å². The van der Waals surface area contributed by atoms with Gasteiger partial charge in [0.25, 0.3) is 0 Å². The van der Waals surface area contributed by atoms with Crippen molar-refractivity contribution in [1.29, 1.82) is 0 Å². The van der Waals surface area contributed by atoms with Crippen LogP contribution < -0.4 is 0 Å². The molecule has 0 aliphatic rings. The quantitative estimate of drug-likeness (QED) is 0.742. The fourth-order valence-electron chi connectivity index (χ4n) is 1.96. The van der Waals surface area contributed by atoms with Crippen LogP contribution in [0, 0.1) is 5.41 Å². The molecule has 1 N–H and O–H groups in total. The Kier molecular flexibility index (Phi) is 6.86. The molecule has 0 aliphatic heterocycles. The molecule has 18 heavy (non-hydrogen) atoms. The monoisotopic (exact) mass is 278 g/mol. The van der Waals surface area contributed by atoms with Crippen molar-refractivity contribution in [3.63, 3.8) is 0 Å². The summed E-state index contributed by atoms with van der Waals surface area (Å²) in [6.07, 6.45) is 4.44. The Hall–Kier alpha value is -0.0900. The largest absolute Gasteiger partial charge is 0.396 e. The van der Waals surface area contributed by atoms with E-state index in [-0.39, 0.29) is 17.8 Å². The van der Waals surface area contributed by atoms with E-state index < -0.39 is 14.6 Å². The molecule has 3 nitrogen and oxygen atoms in total. The molecule has 0 amide bonds. The maximum Gasteiger partial charge on any atom is 0.155 e. The van der Waals surface area contributed by atoms with Crippen molar-refractivity contribution >= 4 is 9.84 Å². The van der Waals surface area contributed by atoms with E-state index in [9.17, 15) is 13.5 Å². The van der Waals surface area contributed by atoms with Crippen molar-refractivity contribution in [2.75, 3.05) is 12.4 Å². The van der Waals surface area contributed by atoms with Crippen LogP contribution in [0.5, 0.6) is 0 Å². The van der Waals surface area contributed by atoms with E-state index in [0.717, 1.165) is 25.7 Å². The van der Waals surface area contributed by atoms with Crippen LogP contribution >= 0.6 is 0 Å². The first-order chi connectivity index (χ1) is 8.14. The predicted molar refractivity (Wildman–Crippen MR) is 77.5 cm³/mol. The van der Waals surface area contributed by atoms with Gasteiger partial charge < -0.3 is 5.11 Å². The van der Waals surface area contributed by atoms with Gasteiger partial charge in [0.2, 0.25) is 0 Å². The molecule has 0 saturated carbocycles. The topological polar surface area (TPSA) is 54.4 Å². The molecule has 0 aromatic rings. The average molecular weight is 278 g/mol. The van der Waals surface area contributed by atoms with Crippen LogP contribution in [0.4, 0.5) is 0 Å². The normalized spacial score (nSPS) is 16.6. The summed E-state index contributed by atoms with van der Waals surface area (Å²) in [6.45, 7) is 9.45. The zero-order valence-corrected chi connectivity index (χ0v) is 13.4. The summed E-state index contributed by atoms with van der Waals surface area (Å²) in [4.78, 5) is 0. The summed E-state index contributed by atoms with van der Waals surface area (Å²) < 4.78 is 23.5. The van der Waals surface area contributed by atoms with Gasteiger partial charge in [-0.1, -0.05) is 26.7 Å². The highest BCUT2D eigenvalue weighted by molar-refractivity contribution is 7.92. The number of hydrogen-bond acceptors (Lipinski definition) is 3. The van der Waals surface area contributed by atoms with Crippen LogP contribution in [0.25, 0.3) is 0 Å². The van der Waals surface area contributed by atoms with Crippen LogP contribution in [0.1, 0.15) is 66.7 Å². The van der Waals surface area contributed by atoms with Crippen LogP contribution in [-0.2, 0) is 9.84 Å². The molecule has 0 bridgehead atoms. The van der Waals surface area contributed by atoms with E-state index in [1.165, 1.54) is 0 Å². The number of rotatable bonds is 8. The second-order valence-corrected chi connectivity index (χ2v) is 9.16. The molecule has 1 atom stereocenters. The minimum Gasteiger partial charge on any atom is -0.396 e. The summed E-state index contributed by atoms with van der Waals surface area (Å²) >= 11 is 0. The highest BCUT2D eigenvalue weighted by Crippen LogP contribution is 2.34. The molecular formula is C14H30O3S. The molecule has 0 heterocycles. The van der Waals surface area contributed by atoms with Crippen molar-refractivity contribution < 1.29 is 13.5 Å². The Morgan fingerprint density at radius 2 is 1.61 bits per heavy atom. The van der Waals surface area contributed by atoms with Gasteiger partial charge in [0.05, 0.1) is 10.5 Å². The summed E-state index contributed by atoms with van der Waals surface area (Å²) in [5.41, 5.74) is -0.214. The van der Waals surface area contributed by atoms with Crippen molar-refractivity contribution in [2.45, 2.75) is 71.5 Å². The Bertz CT molecular complexity index is 321. The summed E-state index contributed by atoms with van der Waals surface area (Å²) in [6, 6.07) is 0. The molecule has 0 aromatic carbocycles. The fraction of sp³-hybridized carbons (Fsp3) is 1.00. The van der Waals surface area contributed by atoms with Gasteiger partial charge in [-0.15, -0.1) is 0 Å². The van der Waals surface area contributed by atoms with Gasteiger partial charge in [-0.2, -0.15) is 0 Å². The van der Waals surface area contributed by atoms with Crippen molar-refractivity contribution in [3.8, 4) is 0 Å². The molecule has 0 saturated heterocycles. The van der Waals surface area contributed by atoms with E-state index in [0.29, 0.717) is 6.42 Å². The second kappa shape index (κ2) is 6.90. The minimum absolute atomic E-state index is 0.0865. The molecule has 0 rings (SSSR count). The van der Waals surface area contributed by atoms with Crippen molar-refractivity contribution in [2.24, 2.45) is 5.41 Å². The van der Waals surface area contributed by atoms with Gasteiger partial charge in [0.15, 0.2) is 9.84 Å². The number of unbranched alkanes of at least 4 members (excludes halogenated alkanes) is 1. The zero-order valence-electron chi connectivity index (χ0n) is 12.6. The Morgan fingerprint density at radius 3 is 1.94 bits per heavy atom. The van der Waals surface area contributed by atoms with Crippen LogP contribution in [0.2, 0.25) is 0 Å². The van der Waals surface area contributed by atoms with Gasteiger partial charge in [-0.25, -0.2) is 8.42 Å². The second-order valence-electron chi connectivity index (χ2n) is 6.30. The maximum absolute atomic E-state index is 12.1. The fourth-order valence-corrected chi connectivity index (χ4v) is 3.27. The SMILES string of the molecule is CCCCC(CC)(CO)CCS(=O)(=O)C(C)(C)C. The van der Waals surface area contributed by atoms with E-state index in [4.69, 9.17) is 0 Å². The molecule has 110 valence electrons. The lowest BCUT2D eigenvalue weighted by Crippen LogP contribution is -2.34.